The molecule has 0 aliphatic heterocycles. The van der Waals surface area contributed by atoms with E-state index in [9.17, 15) is 0 Å². The molecule has 1 unspecified atom stereocenters. The molecule has 0 aliphatic rings. The molecule has 2 aromatic heterocycles. The lowest BCUT2D eigenvalue weighted by Gasteiger charge is -2.15. The van der Waals surface area contributed by atoms with Gasteiger partial charge in [-0.25, -0.2) is 0 Å². The lowest BCUT2D eigenvalue weighted by Crippen LogP contribution is -2.17. The van der Waals surface area contributed by atoms with Crippen molar-refractivity contribution < 1.29 is 4.42 Å². The van der Waals surface area contributed by atoms with E-state index in [4.69, 9.17) is 33.4 Å². The number of aryl methyl sites for hydroxylation is 1. The van der Waals surface area contributed by atoms with Crippen molar-refractivity contribution in [3.63, 3.8) is 0 Å². The van der Waals surface area contributed by atoms with Gasteiger partial charge in [0.2, 0.25) is 11.9 Å². The minimum atomic E-state index is -1.26. The number of anilines is 2. The molecule has 1 atom stereocenters. The van der Waals surface area contributed by atoms with Crippen LogP contribution in [0.25, 0.3) is 11.0 Å². The Balaban J connectivity index is 1.88. The van der Waals surface area contributed by atoms with Crippen LogP contribution in [0.5, 0.6) is 0 Å². The molecule has 0 aliphatic carbocycles. The van der Waals surface area contributed by atoms with Crippen LogP contribution in [-0.2, 0) is 4.33 Å². The molecule has 0 saturated carbocycles. The van der Waals surface area contributed by atoms with E-state index in [0.29, 0.717) is 0 Å². The van der Waals surface area contributed by atoms with Crippen LogP contribution in [0.15, 0.2) is 28.7 Å². The number of nitrogens with one attached hydrogen (secondary N) is 1. The SMILES string of the molecule is Cc1ccc2cc(C(C)Nc3nc(N)nc(C(C)(Cl)Cl)n3)oc2c1. The molecule has 3 aromatic rings. The molecule has 126 valence electrons. The minimum Gasteiger partial charge on any atom is -0.459 e. The number of fused-ring (bicyclic) bond motifs is 1. The maximum Gasteiger partial charge on any atom is 0.228 e. The van der Waals surface area contributed by atoms with E-state index in [1.807, 2.05) is 38.1 Å². The lowest BCUT2D eigenvalue weighted by atomic mass is 10.2. The first-order chi connectivity index (χ1) is 11.2. The minimum absolute atomic E-state index is 0.0439. The normalized spacial score (nSPS) is 13.2. The predicted octanol–water partition coefficient (Wildman–Crippen LogP) is 4.33. The van der Waals surface area contributed by atoms with E-state index in [1.165, 1.54) is 0 Å². The third kappa shape index (κ3) is 3.55. The quantitative estimate of drug-likeness (QED) is 0.668. The molecular weight excluding hydrogens is 349 g/mol. The summed E-state index contributed by atoms with van der Waals surface area (Å²) in [6.45, 7) is 5.53. The van der Waals surface area contributed by atoms with E-state index in [-0.39, 0.29) is 23.8 Å². The van der Waals surface area contributed by atoms with Crippen molar-refractivity contribution in [1.82, 2.24) is 15.0 Å². The number of hydrogen-bond donors (Lipinski definition) is 2. The lowest BCUT2D eigenvalue weighted by molar-refractivity contribution is 0.524. The fraction of sp³-hybridized carbons (Fsp3) is 0.312. The van der Waals surface area contributed by atoms with Gasteiger partial charge in [0.1, 0.15) is 11.3 Å². The fourth-order valence-electron chi connectivity index (χ4n) is 2.29. The fourth-order valence-corrected chi connectivity index (χ4v) is 2.46. The highest BCUT2D eigenvalue weighted by Crippen LogP contribution is 2.31. The number of halogens is 2. The number of benzene rings is 1. The van der Waals surface area contributed by atoms with Crippen molar-refractivity contribution in [3.8, 4) is 0 Å². The van der Waals surface area contributed by atoms with Crippen molar-refractivity contribution in [3.05, 3.63) is 41.4 Å². The number of rotatable bonds is 4. The molecule has 3 rings (SSSR count). The monoisotopic (exact) mass is 365 g/mol. The second kappa shape index (κ2) is 6.11. The van der Waals surface area contributed by atoms with Crippen molar-refractivity contribution in [1.29, 1.82) is 0 Å². The van der Waals surface area contributed by atoms with Crippen LogP contribution in [0.1, 0.15) is 37.0 Å². The maximum atomic E-state index is 6.04. The Morgan fingerprint density at radius 3 is 2.67 bits per heavy atom. The number of hydrogen-bond acceptors (Lipinski definition) is 6. The molecule has 3 N–H and O–H groups in total. The van der Waals surface area contributed by atoms with Gasteiger partial charge in [-0.05, 0) is 38.5 Å². The standard InChI is InChI=1S/C16H17Cl2N5O/c1-8-4-5-10-7-11(24-12(10)6-8)9(2)20-15-22-13(16(3,17)18)21-14(19)23-15/h4-7,9H,1-3H3,(H3,19,20,21,22,23). The summed E-state index contributed by atoms with van der Waals surface area (Å²) in [7, 11) is 0. The summed E-state index contributed by atoms with van der Waals surface area (Å²) in [5.74, 6) is 1.28. The topological polar surface area (TPSA) is 89.9 Å². The summed E-state index contributed by atoms with van der Waals surface area (Å²) in [5.41, 5.74) is 7.68. The molecular formula is C16H17Cl2N5O. The van der Waals surface area contributed by atoms with Gasteiger partial charge in [0.05, 0.1) is 6.04 Å². The van der Waals surface area contributed by atoms with Crippen LogP contribution in [0, 0.1) is 6.92 Å². The number of nitrogen functional groups attached to an aromatic ring is 1. The molecule has 0 amide bonds. The summed E-state index contributed by atoms with van der Waals surface area (Å²) in [6, 6.07) is 7.86. The van der Waals surface area contributed by atoms with Gasteiger partial charge in [0, 0.05) is 5.39 Å². The van der Waals surface area contributed by atoms with Crippen molar-refractivity contribution in [2.75, 3.05) is 11.1 Å². The molecule has 0 bridgehead atoms. The smallest absolute Gasteiger partial charge is 0.228 e. The van der Waals surface area contributed by atoms with Crippen LogP contribution < -0.4 is 11.1 Å². The molecule has 24 heavy (non-hydrogen) atoms. The van der Waals surface area contributed by atoms with Crippen molar-refractivity contribution in [2.24, 2.45) is 0 Å². The summed E-state index contributed by atoms with van der Waals surface area (Å²) >= 11 is 12.1. The summed E-state index contributed by atoms with van der Waals surface area (Å²) in [6.07, 6.45) is 0. The van der Waals surface area contributed by atoms with Crippen LogP contribution >= 0.6 is 23.2 Å². The van der Waals surface area contributed by atoms with Gasteiger partial charge < -0.3 is 15.5 Å². The number of furan rings is 1. The molecule has 1 aromatic carbocycles. The average molecular weight is 366 g/mol. The molecule has 0 spiro atoms. The third-order valence-electron chi connectivity index (χ3n) is 3.51. The van der Waals surface area contributed by atoms with Crippen LogP contribution in [-0.4, -0.2) is 15.0 Å². The first kappa shape index (κ1) is 16.8. The Morgan fingerprint density at radius 2 is 1.96 bits per heavy atom. The Morgan fingerprint density at radius 1 is 1.21 bits per heavy atom. The van der Waals surface area contributed by atoms with Gasteiger partial charge in [-0.15, -0.1) is 0 Å². The highest BCUT2D eigenvalue weighted by Gasteiger charge is 2.25. The van der Waals surface area contributed by atoms with Gasteiger partial charge in [-0.1, -0.05) is 35.3 Å². The second-order valence-corrected chi connectivity index (χ2v) is 7.49. The zero-order valence-corrected chi connectivity index (χ0v) is 15.0. The third-order valence-corrected chi connectivity index (χ3v) is 3.85. The van der Waals surface area contributed by atoms with E-state index in [2.05, 4.69) is 20.3 Å². The molecule has 0 saturated heterocycles. The highest BCUT2D eigenvalue weighted by molar-refractivity contribution is 6.47. The number of nitrogens with zero attached hydrogens (tertiary/aromatic N) is 3. The van der Waals surface area contributed by atoms with E-state index in [1.54, 1.807) is 6.92 Å². The molecule has 2 heterocycles. The van der Waals surface area contributed by atoms with Gasteiger partial charge in [0.25, 0.3) is 0 Å². The van der Waals surface area contributed by atoms with E-state index in [0.717, 1.165) is 22.3 Å². The zero-order chi connectivity index (χ0) is 17.5. The van der Waals surface area contributed by atoms with Gasteiger partial charge in [0.15, 0.2) is 10.2 Å². The van der Waals surface area contributed by atoms with Crippen LogP contribution in [0.3, 0.4) is 0 Å². The van der Waals surface area contributed by atoms with Gasteiger partial charge >= 0.3 is 0 Å². The Hall–Kier alpha value is -2.05. The van der Waals surface area contributed by atoms with Gasteiger partial charge in [-0.3, -0.25) is 0 Å². The van der Waals surface area contributed by atoms with Crippen LogP contribution in [0.2, 0.25) is 0 Å². The van der Waals surface area contributed by atoms with Crippen LogP contribution in [0.4, 0.5) is 11.9 Å². The Bertz CT molecular complexity index is 888. The largest absolute Gasteiger partial charge is 0.459 e. The van der Waals surface area contributed by atoms with E-state index >= 15 is 0 Å². The summed E-state index contributed by atoms with van der Waals surface area (Å²) in [5, 5.41) is 4.17. The second-order valence-electron chi connectivity index (χ2n) is 5.79. The molecule has 0 radical (unpaired) electrons. The Kier molecular flexibility index (Phi) is 4.27. The number of alkyl halides is 2. The average Bonchev–Trinajstić information content (AvgIpc) is 2.88. The number of aromatic nitrogens is 3. The highest BCUT2D eigenvalue weighted by atomic mass is 35.5. The molecule has 6 nitrogen and oxygen atoms in total. The summed E-state index contributed by atoms with van der Waals surface area (Å²) < 4.78 is 4.64. The molecule has 0 fully saturated rings. The Labute approximate surface area is 149 Å². The maximum absolute atomic E-state index is 6.04. The van der Waals surface area contributed by atoms with Crippen molar-refractivity contribution >= 4 is 46.1 Å². The van der Waals surface area contributed by atoms with E-state index < -0.39 is 4.33 Å². The molecule has 8 heteroatoms. The zero-order valence-electron chi connectivity index (χ0n) is 13.5. The summed E-state index contributed by atoms with van der Waals surface area (Å²) in [4.78, 5) is 12.2. The van der Waals surface area contributed by atoms with Crippen molar-refractivity contribution in [2.45, 2.75) is 31.1 Å². The first-order valence-corrected chi connectivity index (χ1v) is 8.14. The number of nitrogens with two attached hydrogens (primary N) is 1. The predicted molar refractivity (Wildman–Crippen MR) is 96.3 cm³/mol. The first-order valence-electron chi connectivity index (χ1n) is 7.39. The van der Waals surface area contributed by atoms with Gasteiger partial charge in [-0.2, -0.15) is 15.0 Å².